The second-order valence-corrected chi connectivity index (χ2v) is 4.22. The Morgan fingerprint density at radius 1 is 1.35 bits per heavy atom. The van der Waals surface area contributed by atoms with Crippen LogP contribution in [0.15, 0.2) is 24.3 Å². The molecule has 1 unspecified atom stereocenters. The molecule has 17 heavy (non-hydrogen) atoms. The predicted molar refractivity (Wildman–Crippen MR) is 70.4 cm³/mol. The van der Waals surface area contributed by atoms with E-state index in [-0.39, 0.29) is 6.61 Å². The largest absolute Gasteiger partial charge is 0.496 e. The Kier molecular flexibility index (Phi) is 6.67. The molecule has 1 rings (SSSR count). The molecule has 0 aliphatic rings. The van der Waals surface area contributed by atoms with E-state index in [4.69, 9.17) is 9.84 Å². The van der Waals surface area contributed by atoms with E-state index in [0.29, 0.717) is 5.92 Å². The minimum absolute atomic E-state index is 0.262. The van der Waals surface area contributed by atoms with Gasteiger partial charge in [-0.3, -0.25) is 0 Å². The molecule has 0 heterocycles. The van der Waals surface area contributed by atoms with Gasteiger partial charge in [-0.1, -0.05) is 25.1 Å². The van der Waals surface area contributed by atoms with E-state index in [2.05, 4.69) is 18.3 Å². The fraction of sp³-hybridized carbons (Fsp3) is 0.571. The van der Waals surface area contributed by atoms with Crippen LogP contribution in [-0.2, 0) is 6.42 Å². The highest BCUT2D eigenvalue weighted by atomic mass is 16.5. The SMILES string of the molecule is CCC(CO)CNCCc1ccccc1OC. The number of hydrogen-bond acceptors (Lipinski definition) is 3. The maximum absolute atomic E-state index is 9.06. The summed E-state index contributed by atoms with van der Waals surface area (Å²) in [5, 5.41) is 12.4. The van der Waals surface area contributed by atoms with E-state index in [1.165, 1.54) is 5.56 Å². The van der Waals surface area contributed by atoms with Crippen LogP contribution in [0.5, 0.6) is 5.75 Å². The second kappa shape index (κ2) is 8.09. The fourth-order valence-corrected chi connectivity index (χ4v) is 1.78. The lowest BCUT2D eigenvalue weighted by molar-refractivity contribution is 0.219. The Morgan fingerprint density at radius 3 is 2.76 bits per heavy atom. The molecular formula is C14H23NO2. The van der Waals surface area contributed by atoms with E-state index in [0.717, 1.165) is 31.7 Å². The van der Waals surface area contributed by atoms with Crippen LogP contribution in [-0.4, -0.2) is 31.9 Å². The topological polar surface area (TPSA) is 41.5 Å². The van der Waals surface area contributed by atoms with Gasteiger partial charge in [0.2, 0.25) is 0 Å². The van der Waals surface area contributed by atoms with Crippen molar-refractivity contribution in [3.63, 3.8) is 0 Å². The first-order chi connectivity index (χ1) is 8.31. The van der Waals surface area contributed by atoms with Gasteiger partial charge >= 0.3 is 0 Å². The van der Waals surface area contributed by atoms with E-state index in [9.17, 15) is 0 Å². The molecule has 0 saturated heterocycles. The third-order valence-electron chi connectivity index (χ3n) is 3.03. The molecular weight excluding hydrogens is 214 g/mol. The summed E-state index contributed by atoms with van der Waals surface area (Å²) in [6.07, 6.45) is 1.96. The smallest absolute Gasteiger partial charge is 0.122 e. The molecule has 3 nitrogen and oxygen atoms in total. The Labute approximate surface area is 104 Å². The molecule has 0 radical (unpaired) electrons. The molecule has 2 N–H and O–H groups in total. The summed E-state index contributed by atoms with van der Waals surface area (Å²) in [6, 6.07) is 8.08. The van der Waals surface area contributed by atoms with Gasteiger partial charge in [0.15, 0.2) is 0 Å². The number of para-hydroxylation sites is 1. The number of aliphatic hydroxyl groups excluding tert-OH is 1. The molecule has 1 aromatic carbocycles. The molecule has 96 valence electrons. The van der Waals surface area contributed by atoms with Crippen molar-refractivity contribution in [1.82, 2.24) is 5.32 Å². The molecule has 0 aliphatic heterocycles. The number of methoxy groups -OCH3 is 1. The summed E-state index contributed by atoms with van der Waals surface area (Å²) < 4.78 is 5.30. The zero-order chi connectivity index (χ0) is 12.5. The lowest BCUT2D eigenvalue weighted by atomic mass is 10.1. The van der Waals surface area contributed by atoms with E-state index < -0.39 is 0 Å². The van der Waals surface area contributed by atoms with Crippen LogP contribution in [0, 0.1) is 5.92 Å². The first-order valence-electron chi connectivity index (χ1n) is 6.25. The average molecular weight is 237 g/mol. The van der Waals surface area contributed by atoms with Crippen LogP contribution >= 0.6 is 0 Å². The minimum Gasteiger partial charge on any atom is -0.496 e. The van der Waals surface area contributed by atoms with Crippen LogP contribution in [0.4, 0.5) is 0 Å². The standard InChI is InChI=1S/C14H23NO2/c1-3-12(11-16)10-15-9-8-13-6-4-5-7-14(13)17-2/h4-7,12,15-16H,3,8-11H2,1-2H3. The molecule has 0 bridgehead atoms. The van der Waals surface area contributed by atoms with Gasteiger partial charge in [-0.05, 0) is 36.9 Å². The molecule has 3 heteroatoms. The highest BCUT2D eigenvalue weighted by Crippen LogP contribution is 2.17. The fourth-order valence-electron chi connectivity index (χ4n) is 1.78. The van der Waals surface area contributed by atoms with Crippen LogP contribution < -0.4 is 10.1 Å². The molecule has 0 saturated carbocycles. The van der Waals surface area contributed by atoms with Crippen molar-refractivity contribution >= 4 is 0 Å². The molecule has 0 aliphatic carbocycles. The van der Waals surface area contributed by atoms with Crippen molar-refractivity contribution in [3.05, 3.63) is 29.8 Å². The van der Waals surface area contributed by atoms with Crippen molar-refractivity contribution in [1.29, 1.82) is 0 Å². The minimum atomic E-state index is 0.262. The predicted octanol–water partition coefficient (Wildman–Crippen LogP) is 1.85. The van der Waals surface area contributed by atoms with Crippen LogP contribution in [0.3, 0.4) is 0 Å². The average Bonchev–Trinajstić information content (AvgIpc) is 2.39. The second-order valence-electron chi connectivity index (χ2n) is 4.22. The zero-order valence-electron chi connectivity index (χ0n) is 10.8. The van der Waals surface area contributed by atoms with Crippen LogP contribution in [0.1, 0.15) is 18.9 Å². The normalized spacial score (nSPS) is 12.4. The number of rotatable bonds is 8. The number of ether oxygens (including phenoxy) is 1. The molecule has 0 fully saturated rings. The van der Waals surface area contributed by atoms with Crippen LogP contribution in [0.25, 0.3) is 0 Å². The van der Waals surface area contributed by atoms with Gasteiger partial charge in [0, 0.05) is 13.2 Å². The molecule has 0 aromatic heterocycles. The first-order valence-corrected chi connectivity index (χ1v) is 6.25. The van der Waals surface area contributed by atoms with E-state index >= 15 is 0 Å². The Morgan fingerprint density at radius 2 is 2.12 bits per heavy atom. The van der Waals surface area contributed by atoms with Crippen LogP contribution in [0.2, 0.25) is 0 Å². The van der Waals surface area contributed by atoms with Crippen molar-refractivity contribution in [2.75, 3.05) is 26.8 Å². The number of nitrogens with one attached hydrogen (secondary N) is 1. The van der Waals surface area contributed by atoms with E-state index in [1.807, 2.05) is 18.2 Å². The lowest BCUT2D eigenvalue weighted by Gasteiger charge is -2.13. The van der Waals surface area contributed by atoms with Crippen molar-refractivity contribution in [2.45, 2.75) is 19.8 Å². The summed E-state index contributed by atoms with van der Waals surface area (Å²) in [5.74, 6) is 1.32. The first kappa shape index (κ1) is 14.0. The van der Waals surface area contributed by atoms with Gasteiger partial charge in [0.05, 0.1) is 7.11 Å². The lowest BCUT2D eigenvalue weighted by Crippen LogP contribution is -2.26. The summed E-state index contributed by atoms with van der Waals surface area (Å²) >= 11 is 0. The van der Waals surface area contributed by atoms with Gasteiger partial charge in [-0.2, -0.15) is 0 Å². The van der Waals surface area contributed by atoms with Gasteiger partial charge in [-0.15, -0.1) is 0 Å². The number of benzene rings is 1. The highest BCUT2D eigenvalue weighted by molar-refractivity contribution is 5.33. The monoisotopic (exact) mass is 237 g/mol. The Hall–Kier alpha value is -1.06. The molecule has 0 spiro atoms. The van der Waals surface area contributed by atoms with Gasteiger partial charge < -0.3 is 15.2 Å². The number of aliphatic hydroxyl groups is 1. The number of hydrogen-bond donors (Lipinski definition) is 2. The Balaban J connectivity index is 2.30. The molecule has 1 atom stereocenters. The summed E-state index contributed by atoms with van der Waals surface area (Å²) in [7, 11) is 1.70. The Bertz CT molecular complexity index is 311. The van der Waals surface area contributed by atoms with E-state index in [1.54, 1.807) is 7.11 Å². The van der Waals surface area contributed by atoms with Crippen molar-refractivity contribution in [3.8, 4) is 5.75 Å². The van der Waals surface area contributed by atoms with Crippen molar-refractivity contribution < 1.29 is 9.84 Å². The third kappa shape index (κ3) is 4.75. The highest BCUT2D eigenvalue weighted by Gasteiger charge is 2.04. The molecule has 1 aromatic rings. The maximum Gasteiger partial charge on any atom is 0.122 e. The van der Waals surface area contributed by atoms with Gasteiger partial charge in [0.1, 0.15) is 5.75 Å². The third-order valence-corrected chi connectivity index (χ3v) is 3.03. The quantitative estimate of drug-likeness (QED) is 0.678. The molecule has 0 amide bonds. The summed E-state index contributed by atoms with van der Waals surface area (Å²) in [4.78, 5) is 0. The van der Waals surface area contributed by atoms with Gasteiger partial charge in [-0.25, -0.2) is 0 Å². The zero-order valence-corrected chi connectivity index (χ0v) is 10.8. The van der Waals surface area contributed by atoms with Crippen molar-refractivity contribution in [2.24, 2.45) is 5.92 Å². The summed E-state index contributed by atoms with van der Waals surface area (Å²) in [6.45, 7) is 4.15. The maximum atomic E-state index is 9.06. The summed E-state index contributed by atoms with van der Waals surface area (Å²) in [5.41, 5.74) is 1.22. The van der Waals surface area contributed by atoms with Gasteiger partial charge in [0.25, 0.3) is 0 Å².